The molecule has 2 aromatic carbocycles. The summed E-state index contributed by atoms with van der Waals surface area (Å²) in [6, 6.07) is 12.0. The highest BCUT2D eigenvalue weighted by atomic mass is 35.5. The number of benzene rings is 2. The van der Waals surface area contributed by atoms with Gasteiger partial charge in [-0.25, -0.2) is 8.42 Å². The molecule has 2 amide bonds. The summed E-state index contributed by atoms with van der Waals surface area (Å²) >= 11 is 6.08. The third-order valence-corrected chi connectivity index (χ3v) is 8.28. The van der Waals surface area contributed by atoms with Crippen LogP contribution in [0.2, 0.25) is 5.02 Å². The number of anilines is 1. The molecule has 0 aliphatic heterocycles. The second-order valence-electron chi connectivity index (χ2n) is 9.98. The van der Waals surface area contributed by atoms with Gasteiger partial charge in [0.25, 0.3) is 0 Å². The van der Waals surface area contributed by atoms with Crippen molar-refractivity contribution in [2.24, 2.45) is 0 Å². The quantitative estimate of drug-likeness (QED) is 0.454. The van der Waals surface area contributed by atoms with Gasteiger partial charge in [-0.15, -0.1) is 0 Å². The zero-order valence-corrected chi connectivity index (χ0v) is 23.7. The number of halogens is 1. The van der Waals surface area contributed by atoms with Crippen molar-refractivity contribution in [2.45, 2.75) is 77.9 Å². The molecule has 0 unspecified atom stereocenters. The molecular weight excluding hydrogens is 510 g/mol. The van der Waals surface area contributed by atoms with Crippen LogP contribution in [0.3, 0.4) is 0 Å². The lowest BCUT2D eigenvalue weighted by atomic mass is 9.95. The Morgan fingerprint density at radius 3 is 2.27 bits per heavy atom. The molecule has 0 bridgehead atoms. The Balaban J connectivity index is 1.93. The van der Waals surface area contributed by atoms with Crippen LogP contribution >= 0.6 is 11.6 Å². The van der Waals surface area contributed by atoms with Crippen molar-refractivity contribution < 1.29 is 18.0 Å². The van der Waals surface area contributed by atoms with Crippen molar-refractivity contribution in [3.8, 4) is 0 Å². The van der Waals surface area contributed by atoms with E-state index in [9.17, 15) is 18.0 Å². The Hall–Kier alpha value is -2.58. The Morgan fingerprint density at radius 2 is 1.70 bits per heavy atom. The van der Waals surface area contributed by atoms with Gasteiger partial charge in [-0.1, -0.05) is 67.6 Å². The Kier molecular flexibility index (Phi) is 10.0. The molecule has 3 rings (SSSR count). The van der Waals surface area contributed by atoms with Gasteiger partial charge in [0.2, 0.25) is 21.8 Å². The van der Waals surface area contributed by atoms with Crippen LogP contribution in [0.25, 0.3) is 0 Å². The van der Waals surface area contributed by atoms with Gasteiger partial charge in [-0.2, -0.15) is 0 Å². The normalized spacial score (nSPS) is 15.2. The van der Waals surface area contributed by atoms with Crippen molar-refractivity contribution in [3.05, 3.63) is 64.2 Å². The maximum atomic E-state index is 13.8. The zero-order valence-electron chi connectivity index (χ0n) is 22.2. The predicted octanol–water partition coefficient (Wildman–Crippen LogP) is 4.98. The molecule has 202 valence electrons. The van der Waals surface area contributed by atoms with E-state index in [4.69, 9.17) is 11.6 Å². The number of aryl methyl sites for hydroxylation is 2. The highest BCUT2D eigenvalue weighted by molar-refractivity contribution is 7.92. The van der Waals surface area contributed by atoms with Crippen LogP contribution in [0.1, 0.15) is 62.1 Å². The minimum absolute atomic E-state index is 0.107. The number of rotatable bonds is 10. The first-order valence-electron chi connectivity index (χ1n) is 12.9. The summed E-state index contributed by atoms with van der Waals surface area (Å²) in [7, 11) is -3.79. The smallest absolute Gasteiger partial charge is 0.244 e. The van der Waals surface area contributed by atoms with Gasteiger partial charge in [0.15, 0.2) is 0 Å². The lowest BCUT2D eigenvalue weighted by Crippen LogP contribution is -2.54. The number of hydrogen-bond donors (Lipinski definition) is 1. The standard InChI is InChI=1S/C28H38ClN3O4S/c1-5-25(28(34)30-24-9-7-6-8-10-24)31(18-22-13-11-20(2)12-14-22)27(33)19-32(37(4,35)36)26-16-15-23(29)17-21(26)3/h11-17,24-25H,5-10,18-19H2,1-4H3,(H,30,34)/t25-/m1/s1. The fourth-order valence-corrected chi connectivity index (χ4v) is 5.98. The lowest BCUT2D eigenvalue weighted by Gasteiger charge is -2.34. The first-order valence-corrected chi connectivity index (χ1v) is 15.1. The van der Waals surface area contributed by atoms with Gasteiger partial charge >= 0.3 is 0 Å². The second-order valence-corrected chi connectivity index (χ2v) is 12.3. The van der Waals surface area contributed by atoms with Gasteiger partial charge in [-0.05, 0) is 62.4 Å². The van der Waals surface area contributed by atoms with E-state index in [2.05, 4.69) is 5.32 Å². The number of nitrogens with one attached hydrogen (secondary N) is 1. The third kappa shape index (κ3) is 7.95. The van der Waals surface area contributed by atoms with Crippen LogP contribution in [-0.2, 0) is 26.2 Å². The molecule has 0 radical (unpaired) electrons. The van der Waals surface area contributed by atoms with Gasteiger partial charge in [0, 0.05) is 17.6 Å². The Labute approximate surface area is 226 Å². The van der Waals surface area contributed by atoms with E-state index >= 15 is 0 Å². The molecule has 7 nitrogen and oxygen atoms in total. The van der Waals surface area contributed by atoms with E-state index in [-0.39, 0.29) is 18.5 Å². The van der Waals surface area contributed by atoms with E-state index < -0.39 is 28.5 Å². The molecule has 1 saturated carbocycles. The fraction of sp³-hybridized carbons (Fsp3) is 0.500. The second kappa shape index (κ2) is 12.8. The summed E-state index contributed by atoms with van der Waals surface area (Å²) in [5, 5.41) is 3.63. The number of nitrogens with zero attached hydrogens (tertiary/aromatic N) is 2. The number of amides is 2. The zero-order chi connectivity index (χ0) is 27.2. The number of carbonyl (C=O) groups excluding carboxylic acids is 2. The number of carbonyl (C=O) groups is 2. The molecule has 0 saturated heterocycles. The summed E-state index contributed by atoms with van der Waals surface area (Å²) < 4.78 is 26.7. The topological polar surface area (TPSA) is 86.8 Å². The summed E-state index contributed by atoms with van der Waals surface area (Å²) in [5.41, 5.74) is 2.98. The summed E-state index contributed by atoms with van der Waals surface area (Å²) in [5.74, 6) is -0.630. The first-order chi connectivity index (χ1) is 17.5. The molecule has 1 fully saturated rings. The molecule has 1 aliphatic rings. The molecule has 37 heavy (non-hydrogen) atoms. The van der Waals surface area contributed by atoms with Crippen LogP contribution in [0.15, 0.2) is 42.5 Å². The van der Waals surface area contributed by atoms with Crippen molar-refractivity contribution in [2.75, 3.05) is 17.1 Å². The van der Waals surface area contributed by atoms with Crippen molar-refractivity contribution in [1.29, 1.82) is 0 Å². The summed E-state index contributed by atoms with van der Waals surface area (Å²) in [6.45, 7) is 5.39. The molecule has 1 aliphatic carbocycles. The van der Waals surface area contributed by atoms with E-state index in [1.165, 1.54) is 11.3 Å². The Morgan fingerprint density at radius 1 is 1.05 bits per heavy atom. The van der Waals surface area contributed by atoms with E-state index in [1.54, 1.807) is 25.1 Å². The van der Waals surface area contributed by atoms with E-state index in [1.807, 2.05) is 38.1 Å². The summed E-state index contributed by atoms with van der Waals surface area (Å²) in [4.78, 5) is 28.8. The van der Waals surface area contributed by atoms with Gasteiger partial charge in [0.1, 0.15) is 12.6 Å². The Bertz CT molecular complexity index is 1190. The molecule has 0 aromatic heterocycles. The fourth-order valence-electron chi connectivity index (χ4n) is 4.85. The van der Waals surface area contributed by atoms with Crippen molar-refractivity contribution in [1.82, 2.24) is 10.2 Å². The highest BCUT2D eigenvalue weighted by Gasteiger charge is 2.33. The van der Waals surface area contributed by atoms with Crippen LogP contribution in [0.4, 0.5) is 5.69 Å². The average molecular weight is 548 g/mol. The predicted molar refractivity (Wildman–Crippen MR) is 149 cm³/mol. The molecule has 0 spiro atoms. The maximum Gasteiger partial charge on any atom is 0.244 e. The lowest BCUT2D eigenvalue weighted by molar-refractivity contribution is -0.140. The maximum absolute atomic E-state index is 13.8. The SMILES string of the molecule is CC[C@H](C(=O)NC1CCCCC1)N(Cc1ccc(C)cc1)C(=O)CN(c1ccc(Cl)cc1C)S(C)(=O)=O. The molecule has 1 N–H and O–H groups in total. The van der Waals surface area contributed by atoms with E-state index in [0.29, 0.717) is 22.7 Å². The highest BCUT2D eigenvalue weighted by Crippen LogP contribution is 2.26. The largest absolute Gasteiger partial charge is 0.352 e. The minimum atomic E-state index is -3.79. The molecule has 0 heterocycles. The first kappa shape index (κ1) is 29.0. The van der Waals surface area contributed by atoms with Crippen LogP contribution in [0.5, 0.6) is 0 Å². The van der Waals surface area contributed by atoms with Crippen LogP contribution in [0, 0.1) is 13.8 Å². The van der Waals surface area contributed by atoms with E-state index in [0.717, 1.165) is 47.4 Å². The monoisotopic (exact) mass is 547 g/mol. The van der Waals surface area contributed by atoms with Crippen LogP contribution < -0.4 is 9.62 Å². The van der Waals surface area contributed by atoms with Crippen molar-refractivity contribution >= 4 is 39.1 Å². The summed E-state index contributed by atoms with van der Waals surface area (Å²) in [6.07, 6.45) is 6.69. The molecule has 1 atom stereocenters. The van der Waals surface area contributed by atoms with Gasteiger partial charge in [-0.3, -0.25) is 13.9 Å². The average Bonchev–Trinajstić information content (AvgIpc) is 2.84. The van der Waals surface area contributed by atoms with Crippen molar-refractivity contribution in [3.63, 3.8) is 0 Å². The molecule has 2 aromatic rings. The minimum Gasteiger partial charge on any atom is -0.352 e. The number of sulfonamides is 1. The van der Waals surface area contributed by atoms with Gasteiger partial charge < -0.3 is 10.2 Å². The van der Waals surface area contributed by atoms with Gasteiger partial charge in [0.05, 0.1) is 11.9 Å². The molecular formula is C28H38ClN3O4S. The third-order valence-electron chi connectivity index (χ3n) is 6.92. The number of hydrogen-bond acceptors (Lipinski definition) is 4. The molecule has 9 heteroatoms. The van der Waals surface area contributed by atoms with Crippen LogP contribution in [-0.4, -0.2) is 50.0 Å².